The first-order valence-corrected chi connectivity index (χ1v) is 6.33. The van der Waals surface area contributed by atoms with Crippen molar-refractivity contribution < 1.29 is 9.18 Å². The third-order valence-corrected chi connectivity index (χ3v) is 2.54. The van der Waals surface area contributed by atoms with Gasteiger partial charge in [-0.3, -0.25) is 4.79 Å². The molecule has 0 atom stereocenters. The second kappa shape index (κ2) is 6.60. The summed E-state index contributed by atoms with van der Waals surface area (Å²) in [6.07, 6.45) is 2.41. The number of carbonyl (C=O) groups excluding carboxylic acids is 1. The number of nitrogens with zero attached hydrogens (tertiary/aromatic N) is 2. The van der Waals surface area contributed by atoms with Crippen LogP contribution in [0.2, 0.25) is 0 Å². The van der Waals surface area contributed by atoms with Gasteiger partial charge in [-0.15, -0.1) is 0 Å². The summed E-state index contributed by atoms with van der Waals surface area (Å²) in [5, 5.41) is 5.47. The highest BCUT2D eigenvalue weighted by Crippen LogP contribution is 2.13. The zero-order valence-electron chi connectivity index (χ0n) is 11.1. The number of amides is 1. The average Bonchev–Trinajstić information content (AvgIpc) is 2.48. The molecule has 1 heterocycles. The van der Waals surface area contributed by atoms with Crippen LogP contribution >= 0.6 is 0 Å². The monoisotopic (exact) mass is 274 g/mol. The first-order chi connectivity index (χ1) is 9.70. The fraction of sp³-hybridized carbons (Fsp3) is 0.214. The molecular weight excluding hydrogens is 259 g/mol. The molecule has 20 heavy (non-hydrogen) atoms. The molecule has 6 heteroatoms. The third kappa shape index (κ3) is 3.50. The molecule has 5 nitrogen and oxygen atoms in total. The third-order valence-electron chi connectivity index (χ3n) is 2.54. The lowest BCUT2D eigenvalue weighted by Crippen LogP contribution is -2.16. The van der Waals surface area contributed by atoms with Gasteiger partial charge in [-0.1, -0.05) is 19.1 Å². The minimum Gasteiger partial charge on any atom is -0.354 e. The van der Waals surface area contributed by atoms with Gasteiger partial charge in [0.25, 0.3) is 5.91 Å². The van der Waals surface area contributed by atoms with Crippen LogP contribution in [0.25, 0.3) is 0 Å². The van der Waals surface area contributed by atoms with Crippen LogP contribution < -0.4 is 10.6 Å². The van der Waals surface area contributed by atoms with Gasteiger partial charge >= 0.3 is 0 Å². The Morgan fingerprint density at radius 3 is 2.85 bits per heavy atom. The van der Waals surface area contributed by atoms with Crippen molar-refractivity contribution in [1.82, 2.24) is 9.97 Å². The maximum atomic E-state index is 13.5. The number of nitrogens with one attached hydrogen (secondary N) is 2. The summed E-state index contributed by atoms with van der Waals surface area (Å²) in [4.78, 5) is 20.1. The summed E-state index contributed by atoms with van der Waals surface area (Å²) in [6.45, 7) is 2.74. The number of rotatable bonds is 5. The predicted molar refractivity (Wildman–Crippen MR) is 75.2 cm³/mol. The molecule has 0 aliphatic carbocycles. The van der Waals surface area contributed by atoms with Crippen LogP contribution in [0.5, 0.6) is 0 Å². The molecule has 0 bridgehead atoms. The summed E-state index contributed by atoms with van der Waals surface area (Å²) in [5.74, 6) is -0.579. The fourth-order valence-electron chi connectivity index (χ4n) is 1.56. The normalized spacial score (nSPS) is 10.1. The Hall–Kier alpha value is -2.50. The Bertz CT molecular complexity index is 603. The van der Waals surface area contributed by atoms with Gasteiger partial charge in [0.1, 0.15) is 11.5 Å². The lowest BCUT2D eigenvalue weighted by molar-refractivity contribution is 0.102. The Morgan fingerprint density at radius 1 is 1.30 bits per heavy atom. The van der Waals surface area contributed by atoms with Gasteiger partial charge in [-0.25, -0.2) is 14.4 Å². The molecule has 0 fully saturated rings. The summed E-state index contributed by atoms with van der Waals surface area (Å²) in [6, 6.07) is 7.46. The Morgan fingerprint density at radius 2 is 2.10 bits per heavy atom. The molecule has 0 saturated carbocycles. The van der Waals surface area contributed by atoms with E-state index in [0.717, 1.165) is 13.0 Å². The van der Waals surface area contributed by atoms with E-state index in [-0.39, 0.29) is 11.4 Å². The van der Waals surface area contributed by atoms with E-state index in [9.17, 15) is 9.18 Å². The fourth-order valence-corrected chi connectivity index (χ4v) is 1.56. The van der Waals surface area contributed by atoms with Gasteiger partial charge in [0, 0.05) is 12.7 Å². The van der Waals surface area contributed by atoms with Crippen molar-refractivity contribution >= 4 is 17.5 Å². The maximum Gasteiger partial charge on any atom is 0.274 e. The molecule has 0 saturated heterocycles. The van der Waals surface area contributed by atoms with E-state index >= 15 is 0 Å². The number of hydrogen-bond donors (Lipinski definition) is 2. The van der Waals surface area contributed by atoms with E-state index in [1.54, 1.807) is 12.1 Å². The molecule has 1 aromatic carbocycles. The largest absolute Gasteiger partial charge is 0.354 e. The Kier molecular flexibility index (Phi) is 4.60. The molecule has 0 radical (unpaired) electrons. The van der Waals surface area contributed by atoms with Crippen LogP contribution in [0.3, 0.4) is 0 Å². The number of hydrogen-bond acceptors (Lipinski definition) is 4. The van der Waals surface area contributed by atoms with Gasteiger partial charge < -0.3 is 10.6 Å². The summed E-state index contributed by atoms with van der Waals surface area (Å²) in [7, 11) is 0. The molecule has 1 aromatic heterocycles. The second-order valence-electron chi connectivity index (χ2n) is 4.13. The predicted octanol–water partition coefficient (Wildman–Crippen LogP) is 2.69. The molecule has 2 rings (SSSR count). The number of anilines is 2. The van der Waals surface area contributed by atoms with Crippen LogP contribution in [-0.4, -0.2) is 22.4 Å². The molecule has 0 aliphatic rings. The summed E-state index contributed by atoms with van der Waals surface area (Å²) >= 11 is 0. The Balaban J connectivity index is 2.11. The van der Waals surface area contributed by atoms with E-state index in [0.29, 0.717) is 5.95 Å². The SMILES string of the molecule is CCCNc1nccc(C(=O)Nc2ccccc2F)n1. The van der Waals surface area contributed by atoms with Crippen LogP contribution in [-0.2, 0) is 0 Å². The molecule has 0 spiro atoms. The maximum absolute atomic E-state index is 13.5. The highest BCUT2D eigenvalue weighted by atomic mass is 19.1. The molecule has 2 N–H and O–H groups in total. The number of benzene rings is 1. The molecule has 104 valence electrons. The van der Waals surface area contributed by atoms with Crippen LogP contribution in [0.4, 0.5) is 16.0 Å². The van der Waals surface area contributed by atoms with E-state index in [1.165, 1.54) is 24.4 Å². The van der Waals surface area contributed by atoms with Crippen LogP contribution in [0.1, 0.15) is 23.8 Å². The van der Waals surface area contributed by atoms with E-state index in [4.69, 9.17) is 0 Å². The lowest BCUT2D eigenvalue weighted by Gasteiger charge is -2.07. The molecule has 1 amide bonds. The lowest BCUT2D eigenvalue weighted by atomic mass is 10.3. The number of aromatic nitrogens is 2. The van der Waals surface area contributed by atoms with Gasteiger partial charge in [-0.05, 0) is 24.6 Å². The first-order valence-electron chi connectivity index (χ1n) is 6.33. The molecular formula is C14H15FN4O. The van der Waals surface area contributed by atoms with Gasteiger partial charge in [0.2, 0.25) is 5.95 Å². The molecule has 0 unspecified atom stereocenters. The van der Waals surface area contributed by atoms with Crippen molar-refractivity contribution in [2.75, 3.05) is 17.2 Å². The summed E-state index contributed by atoms with van der Waals surface area (Å²) in [5.41, 5.74) is 0.307. The van der Waals surface area contributed by atoms with Crippen molar-refractivity contribution in [1.29, 1.82) is 0 Å². The van der Waals surface area contributed by atoms with Crippen molar-refractivity contribution in [2.45, 2.75) is 13.3 Å². The van der Waals surface area contributed by atoms with Gasteiger partial charge in [-0.2, -0.15) is 0 Å². The zero-order valence-corrected chi connectivity index (χ0v) is 11.1. The molecule has 0 aliphatic heterocycles. The minimum atomic E-state index is -0.487. The number of para-hydroxylation sites is 1. The molecule has 2 aromatic rings. The Labute approximate surface area is 116 Å². The zero-order chi connectivity index (χ0) is 14.4. The topological polar surface area (TPSA) is 66.9 Å². The second-order valence-corrected chi connectivity index (χ2v) is 4.13. The van der Waals surface area contributed by atoms with E-state index < -0.39 is 11.7 Å². The smallest absolute Gasteiger partial charge is 0.274 e. The van der Waals surface area contributed by atoms with Crippen molar-refractivity contribution in [2.24, 2.45) is 0 Å². The first kappa shape index (κ1) is 13.9. The van der Waals surface area contributed by atoms with Gasteiger partial charge in [0.05, 0.1) is 5.69 Å². The quantitative estimate of drug-likeness (QED) is 0.879. The number of halogens is 1. The standard InChI is InChI=1S/C14H15FN4O/c1-2-8-16-14-17-9-7-12(19-14)13(20)18-11-6-4-3-5-10(11)15/h3-7,9H,2,8H2,1H3,(H,18,20)(H,16,17,19). The van der Waals surface area contributed by atoms with Crippen molar-refractivity contribution in [3.63, 3.8) is 0 Å². The minimum absolute atomic E-state index is 0.124. The number of carbonyl (C=O) groups is 1. The highest BCUT2D eigenvalue weighted by Gasteiger charge is 2.11. The summed E-state index contributed by atoms with van der Waals surface area (Å²) < 4.78 is 13.5. The van der Waals surface area contributed by atoms with Crippen molar-refractivity contribution in [3.05, 3.63) is 48.0 Å². The average molecular weight is 274 g/mol. The van der Waals surface area contributed by atoms with Crippen molar-refractivity contribution in [3.8, 4) is 0 Å². The van der Waals surface area contributed by atoms with E-state index in [2.05, 4.69) is 20.6 Å². The highest BCUT2D eigenvalue weighted by molar-refractivity contribution is 6.03. The van der Waals surface area contributed by atoms with Crippen LogP contribution in [0.15, 0.2) is 36.5 Å². The van der Waals surface area contributed by atoms with E-state index in [1.807, 2.05) is 6.92 Å². The van der Waals surface area contributed by atoms with Gasteiger partial charge in [0.15, 0.2) is 0 Å². The van der Waals surface area contributed by atoms with Crippen LogP contribution in [0, 0.1) is 5.82 Å².